The number of nitrogens with two attached hydrogens (primary N) is 1. The first kappa shape index (κ1) is 12.6. The molecule has 1 fully saturated rings. The van der Waals surface area contributed by atoms with Crippen LogP contribution in [-0.4, -0.2) is 29.3 Å². The number of rotatable bonds is 2. The summed E-state index contributed by atoms with van der Waals surface area (Å²) in [7, 11) is 0. The highest BCUT2D eigenvalue weighted by atomic mass is 16.2. The molecule has 0 aromatic carbocycles. The molecule has 0 aromatic rings. The molecule has 1 unspecified atom stereocenters. The number of carbonyl (C=O) groups is 2. The van der Waals surface area contributed by atoms with Crippen molar-refractivity contribution in [3.05, 3.63) is 0 Å². The van der Waals surface area contributed by atoms with Gasteiger partial charge in [-0.25, -0.2) is 0 Å². The molecule has 1 saturated heterocycles. The lowest BCUT2D eigenvalue weighted by molar-refractivity contribution is -0.127. The van der Waals surface area contributed by atoms with Gasteiger partial charge in [0.15, 0.2) is 0 Å². The highest BCUT2D eigenvalue weighted by molar-refractivity contribution is 5.94. The summed E-state index contributed by atoms with van der Waals surface area (Å²) in [4.78, 5) is 24.3. The number of likely N-dealkylation sites (tertiary alicyclic amines) is 1. The largest absolute Gasteiger partial charge is 0.370 e. The van der Waals surface area contributed by atoms with Gasteiger partial charge in [0, 0.05) is 19.0 Å². The Morgan fingerprint density at radius 2 is 2.12 bits per heavy atom. The molecule has 1 rings (SSSR count). The monoisotopic (exact) mass is 222 g/mol. The van der Waals surface area contributed by atoms with Crippen LogP contribution in [0.3, 0.4) is 0 Å². The fourth-order valence-electron chi connectivity index (χ4n) is 2.23. The van der Waals surface area contributed by atoms with Gasteiger partial charge in [-0.05, 0) is 24.7 Å². The van der Waals surface area contributed by atoms with E-state index in [1.807, 2.05) is 0 Å². The van der Waals surface area contributed by atoms with E-state index < -0.39 is 0 Å². The molecule has 1 aliphatic heterocycles. The summed E-state index contributed by atoms with van der Waals surface area (Å²) in [5, 5.41) is 0. The Morgan fingerprint density at radius 3 is 2.62 bits per heavy atom. The van der Waals surface area contributed by atoms with Crippen molar-refractivity contribution >= 4 is 11.8 Å². The summed E-state index contributed by atoms with van der Waals surface area (Å²) < 4.78 is 0. The Morgan fingerprint density at radius 1 is 1.50 bits per heavy atom. The van der Waals surface area contributed by atoms with Crippen LogP contribution in [0.1, 0.15) is 33.6 Å². The summed E-state index contributed by atoms with van der Waals surface area (Å²) in [5.41, 5.74) is 5.22. The van der Waals surface area contributed by atoms with Crippen LogP contribution in [0.4, 0.5) is 0 Å². The number of hydrogen-bond donors (Lipinski definition) is 1. The summed E-state index contributed by atoms with van der Waals surface area (Å²) in [6.45, 7) is 6.42. The second-order valence-corrected chi connectivity index (χ2v) is 5.00. The standard InChI is InChI=1S/C12H18N2O2/c1-4-5-11(16)14-8-12(2,3)7-9(14)6-10(13)15/h9H,6-8H2,1-3H3,(H2,13,15). The van der Waals surface area contributed by atoms with Crippen molar-refractivity contribution in [3.63, 3.8) is 0 Å². The van der Waals surface area contributed by atoms with Gasteiger partial charge in [0.25, 0.3) is 5.91 Å². The van der Waals surface area contributed by atoms with Crippen molar-refractivity contribution in [2.24, 2.45) is 11.1 Å². The topological polar surface area (TPSA) is 63.4 Å². The SMILES string of the molecule is CC#CC(=O)N1CC(C)(C)CC1CC(N)=O. The van der Waals surface area contributed by atoms with Gasteiger partial charge < -0.3 is 10.6 Å². The lowest BCUT2D eigenvalue weighted by atomic mass is 9.90. The van der Waals surface area contributed by atoms with E-state index in [0.29, 0.717) is 6.54 Å². The van der Waals surface area contributed by atoms with E-state index >= 15 is 0 Å². The second kappa shape index (κ2) is 4.56. The van der Waals surface area contributed by atoms with E-state index in [0.717, 1.165) is 6.42 Å². The van der Waals surface area contributed by atoms with E-state index in [1.54, 1.807) is 11.8 Å². The Kier molecular flexibility index (Phi) is 3.58. The van der Waals surface area contributed by atoms with Crippen molar-refractivity contribution in [1.29, 1.82) is 0 Å². The molecule has 0 bridgehead atoms. The van der Waals surface area contributed by atoms with Crippen LogP contribution in [0, 0.1) is 17.3 Å². The van der Waals surface area contributed by atoms with Gasteiger partial charge in [-0.1, -0.05) is 19.8 Å². The van der Waals surface area contributed by atoms with E-state index in [1.165, 1.54) is 0 Å². The normalized spacial score (nSPS) is 22.4. The van der Waals surface area contributed by atoms with Gasteiger partial charge >= 0.3 is 0 Å². The van der Waals surface area contributed by atoms with Crippen LogP contribution >= 0.6 is 0 Å². The molecule has 0 aliphatic carbocycles. The fourth-order valence-corrected chi connectivity index (χ4v) is 2.23. The van der Waals surface area contributed by atoms with Crippen LogP contribution in [0.2, 0.25) is 0 Å². The van der Waals surface area contributed by atoms with Gasteiger partial charge in [-0.2, -0.15) is 0 Å². The van der Waals surface area contributed by atoms with Crippen LogP contribution in [0.5, 0.6) is 0 Å². The minimum absolute atomic E-state index is 0.0329. The van der Waals surface area contributed by atoms with E-state index in [2.05, 4.69) is 25.7 Å². The van der Waals surface area contributed by atoms with Gasteiger partial charge in [-0.3, -0.25) is 9.59 Å². The maximum Gasteiger partial charge on any atom is 0.298 e. The van der Waals surface area contributed by atoms with E-state index in [-0.39, 0.29) is 29.7 Å². The van der Waals surface area contributed by atoms with Crippen LogP contribution < -0.4 is 5.73 Å². The lowest BCUT2D eigenvalue weighted by Gasteiger charge is -2.21. The molecule has 2 N–H and O–H groups in total. The van der Waals surface area contributed by atoms with Crippen LogP contribution in [0.25, 0.3) is 0 Å². The molecule has 0 radical (unpaired) electrons. The number of nitrogens with zero attached hydrogens (tertiary/aromatic N) is 1. The first-order valence-corrected chi connectivity index (χ1v) is 5.37. The Hall–Kier alpha value is -1.50. The molecule has 2 amide bonds. The predicted molar refractivity (Wildman–Crippen MR) is 61.2 cm³/mol. The van der Waals surface area contributed by atoms with Gasteiger partial charge in [0.05, 0.1) is 0 Å². The molecular weight excluding hydrogens is 204 g/mol. The van der Waals surface area contributed by atoms with Crippen molar-refractivity contribution in [3.8, 4) is 11.8 Å². The Balaban J connectivity index is 2.82. The summed E-state index contributed by atoms with van der Waals surface area (Å²) in [6.07, 6.45) is 1.02. The zero-order valence-electron chi connectivity index (χ0n) is 10.0. The summed E-state index contributed by atoms with van der Waals surface area (Å²) in [6, 6.07) is -0.0964. The van der Waals surface area contributed by atoms with Crippen molar-refractivity contribution in [2.75, 3.05) is 6.54 Å². The molecule has 1 heterocycles. The molecule has 0 spiro atoms. The Labute approximate surface area is 96.2 Å². The molecule has 88 valence electrons. The number of amides is 2. The third kappa shape index (κ3) is 2.99. The fraction of sp³-hybridized carbons (Fsp3) is 0.667. The molecule has 0 aromatic heterocycles. The van der Waals surface area contributed by atoms with Gasteiger partial charge in [0.1, 0.15) is 0 Å². The molecule has 0 saturated carbocycles. The number of primary amides is 1. The molecule has 1 aliphatic rings. The quantitative estimate of drug-likeness (QED) is 0.692. The highest BCUT2D eigenvalue weighted by Crippen LogP contribution is 2.35. The molecular formula is C12H18N2O2. The second-order valence-electron chi connectivity index (χ2n) is 5.00. The first-order valence-electron chi connectivity index (χ1n) is 5.37. The Bertz CT molecular complexity index is 363. The summed E-state index contributed by atoms with van der Waals surface area (Å²) >= 11 is 0. The first-order chi connectivity index (χ1) is 7.35. The van der Waals surface area contributed by atoms with Crippen molar-refractivity contribution < 1.29 is 9.59 Å². The lowest BCUT2D eigenvalue weighted by Crippen LogP contribution is -2.37. The average molecular weight is 222 g/mol. The minimum atomic E-state index is -0.370. The van der Waals surface area contributed by atoms with Crippen LogP contribution in [-0.2, 0) is 9.59 Å². The molecule has 4 nitrogen and oxygen atoms in total. The molecule has 1 atom stereocenters. The molecule has 4 heteroatoms. The van der Waals surface area contributed by atoms with Crippen molar-refractivity contribution in [2.45, 2.75) is 39.7 Å². The van der Waals surface area contributed by atoms with E-state index in [9.17, 15) is 9.59 Å². The smallest absolute Gasteiger partial charge is 0.298 e. The third-order valence-corrected chi connectivity index (χ3v) is 2.76. The summed E-state index contributed by atoms with van der Waals surface area (Å²) in [5.74, 6) is 4.52. The van der Waals surface area contributed by atoms with E-state index in [4.69, 9.17) is 5.73 Å². The van der Waals surface area contributed by atoms with Gasteiger partial charge in [0.2, 0.25) is 5.91 Å². The number of carbonyl (C=O) groups excluding carboxylic acids is 2. The zero-order valence-corrected chi connectivity index (χ0v) is 10.0. The minimum Gasteiger partial charge on any atom is -0.370 e. The zero-order chi connectivity index (χ0) is 12.3. The van der Waals surface area contributed by atoms with Gasteiger partial charge in [-0.15, -0.1) is 0 Å². The van der Waals surface area contributed by atoms with Crippen molar-refractivity contribution in [1.82, 2.24) is 4.90 Å². The highest BCUT2D eigenvalue weighted by Gasteiger charge is 2.39. The average Bonchev–Trinajstić information content (AvgIpc) is 2.40. The van der Waals surface area contributed by atoms with Crippen LogP contribution in [0.15, 0.2) is 0 Å². The maximum absolute atomic E-state index is 11.7. The maximum atomic E-state index is 11.7. The number of hydrogen-bond acceptors (Lipinski definition) is 2. The predicted octanol–water partition coefficient (Wildman–Crippen LogP) is 0.512. The molecule has 16 heavy (non-hydrogen) atoms. The third-order valence-electron chi connectivity index (χ3n) is 2.76.